The Morgan fingerprint density at radius 1 is 1.35 bits per heavy atom. The summed E-state index contributed by atoms with van der Waals surface area (Å²) in [4.78, 5) is 20.2. The van der Waals surface area contributed by atoms with Gasteiger partial charge in [0, 0.05) is 28.5 Å². The minimum Gasteiger partial charge on any atom is -0.462 e. The van der Waals surface area contributed by atoms with Gasteiger partial charge >= 0.3 is 5.97 Å². The number of hydrogen-bond acceptors (Lipinski definition) is 8. The molecular formula is C18H18N4O2S2. The number of esters is 1. The zero-order chi connectivity index (χ0) is 18.1. The van der Waals surface area contributed by atoms with Crippen molar-refractivity contribution in [1.29, 1.82) is 0 Å². The number of fused-ring (bicyclic) bond motifs is 1. The Morgan fingerprint density at radius 3 is 2.92 bits per heavy atom. The monoisotopic (exact) mass is 386 g/mol. The van der Waals surface area contributed by atoms with Crippen LogP contribution in [0.25, 0.3) is 11.4 Å². The molecule has 1 aliphatic rings. The molecule has 3 aromatic rings. The lowest BCUT2D eigenvalue weighted by Gasteiger charge is -2.26. The number of ether oxygens (including phenoxy) is 1. The van der Waals surface area contributed by atoms with E-state index in [0.717, 1.165) is 39.9 Å². The fourth-order valence-corrected chi connectivity index (χ4v) is 4.90. The summed E-state index contributed by atoms with van der Waals surface area (Å²) in [6, 6.07) is 9.95. The second-order valence-corrected chi connectivity index (χ2v) is 7.77. The van der Waals surface area contributed by atoms with E-state index in [0.29, 0.717) is 23.7 Å². The van der Waals surface area contributed by atoms with Crippen LogP contribution in [0.2, 0.25) is 0 Å². The number of nitrogens with two attached hydrogens (primary N) is 1. The van der Waals surface area contributed by atoms with Crippen molar-refractivity contribution in [1.82, 2.24) is 9.36 Å². The average Bonchev–Trinajstić information content (AvgIpc) is 3.26. The minimum absolute atomic E-state index is 0.321. The number of benzene rings is 1. The lowest BCUT2D eigenvalue weighted by molar-refractivity contribution is 0.0526. The largest absolute Gasteiger partial charge is 0.462 e. The number of rotatable bonds is 4. The summed E-state index contributed by atoms with van der Waals surface area (Å²) in [6.07, 6.45) is 0.747. The standard InChI is InChI=1S/C18H18N4O2S2/c1-2-24-17(23)14-12-8-9-22(10-13(12)25-15(14)19)18-20-16(21-26-18)11-6-4-3-5-7-11/h3-7H,2,8-10,19H2,1H3. The van der Waals surface area contributed by atoms with Crippen LogP contribution in [-0.2, 0) is 17.7 Å². The lowest BCUT2D eigenvalue weighted by Crippen LogP contribution is -2.30. The maximum Gasteiger partial charge on any atom is 0.341 e. The third-order valence-corrected chi connectivity index (χ3v) is 6.10. The first-order valence-electron chi connectivity index (χ1n) is 8.38. The van der Waals surface area contributed by atoms with Gasteiger partial charge in [-0.05, 0) is 18.9 Å². The molecule has 0 bridgehead atoms. The van der Waals surface area contributed by atoms with E-state index >= 15 is 0 Å². The predicted molar refractivity (Wildman–Crippen MR) is 105 cm³/mol. The first-order chi connectivity index (χ1) is 12.7. The molecule has 1 aliphatic heterocycles. The van der Waals surface area contributed by atoms with Crippen molar-refractivity contribution in [2.24, 2.45) is 0 Å². The molecular weight excluding hydrogens is 368 g/mol. The van der Waals surface area contributed by atoms with Gasteiger partial charge in [-0.1, -0.05) is 30.3 Å². The number of carbonyl (C=O) groups excluding carboxylic acids is 1. The molecule has 0 saturated carbocycles. The highest BCUT2D eigenvalue weighted by molar-refractivity contribution is 7.16. The van der Waals surface area contributed by atoms with Crippen LogP contribution in [0.3, 0.4) is 0 Å². The van der Waals surface area contributed by atoms with E-state index in [1.165, 1.54) is 22.9 Å². The van der Waals surface area contributed by atoms with Crippen LogP contribution in [0.4, 0.5) is 10.1 Å². The Labute approximate surface area is 159 Å². The molecule has 2 aromatic heterocycles. The van der Waals surface area contributed by atoms with Crippen molar-refractivity contribution in [3.63, 3.8) is 0 Å². The van der Waals surface area contributed by atoms with Crippen LogP contribution in [0, 0.1) is 0 Å². The summed E-state index contributed by atoms with van der Waals surface area (Å²) in [5.41, 5.74) is 8.67. The summed E-state index contributed by atoms with van der Waals surface area (Å²) in [5.74, 6) is 0.424. The van der Waals surface area contributed by atoms with Crippen molar-refractivity contribution < 1.29 is 9.53 Å². The average molecular weight is 387 g/mol. The molecule has 4 rings (SSSR count). The van der Waals surface area contributed by atoms with Crippen LogP contribution in [0.15, 0.2) is 30.3 Å². The van der Waals surface area contributed by atoms with Gasteiger partial charge < -0.3 is 15.4 Å². The van der Waals surface area contributed by atoms with Crippen molar-refractivity contribution in [3.05, 3.63) is 46.3 Å². The summed E-state index contributed by atoms with van der Waals surface area (Å²) in [5, 5.41) is 1.43. The van der Waals surface area contributed by atoms with E-state index in [1.807, 2.05) is 30.3 Å². The van der Waals surface area contributed by atoms with Gasteiger partial charge in [-0.25, -0.2) is 4.79 Å². The molecule has 0 radical (unpaired) electrons. The summed E-state index contributed by atoms with van der Waals surface area (Å²) >= 11 is 2.86. The van der Waals surface area contributed by atoms with Crippen LogP contribution in [-0.4, -0.2) is 28.5 Å². The van der Waals surface area contributed by atoms with Crippen molar-refractivity contribution in [2.75, 3.05) is 23.8 Å². The Bertz CT molecular complexity index is 936. The van der Waals surface area contributed by atoms with Crippen LogP contribution in [0.5, 0.6) is 0 Å². The Hall–Kier alpha value is -2.45. The van der Waals surface area contributed by atoms with E-state index < -0.39 is 0 Å². The molecule has 0 atom stereocenters. The van der Waals surface area contributed by atoms with E-state index in [9.17, 15) is 4.79 Å². The fourth-order valence-electron chi connectivity index (χ4n) is 3.06. The molecule has 2 N–H and O–H groups in total. The molecule has 0 aliphatic carbocycles. The van der Waals surface area contributed by atoms with Gasteiger partial charge in [0.2, 0.25) is 5.13 Å². The SMILES string of the molecule is CCOC(=O)c1c(N)sc2c1CCN(c1nc(-c3ccccc3)ns1)C2. The fraction of sp³-hybridized carbons (Fsp3) is 0.278. The number of hydrogen-bond donors (Lipinski definition) is 1. The molecule has 3 heterocycles. The van der Waals surface area contributed by atoms with E-state index in [-0.39, 0.29) is 5.97 Å². The first-order valence-corrected chi connectivity index (χ1v) is 9.97. The van der Waals surface area contributed by atoms with E-state index in [2.05, 4.69) is 14.3 Å². The van der Waals surface area contributed by atoms with Gasteiger partial charge in [-0.2, -0.15) is 9.36 Å². The number of nitrogens with zero attached hydrogens (tertiary/aromatic N) is 3. The van der Waals surface area contributed by atoms with Crippen LogP contribution >= 0.6 is 22.9 Å². The highest BCUT2D eigenvalue weighted by Gasteiger charge is 2.29. The third kappa shape index (κ3) is 3.06. The summed E-state index contributed by atoms with van der Waals surface area (Å²) < 4.78 is 9.64. The van der Waals surface area contributed by atoms with Gasteiger partial charge in [0.05, 0.1) is 18.7 Å². The predicted octanol–water partition coefficient (Wildman–Crippen LogP) is 3.59. The molecule has 1 aromatic carbocycles. The quantitative estimate of drug-likeness (QED) is 0.690. The van der Waals surface area contributed by atoms with E-state index in [1.54, 1.807) is 6.92 Å². The molecule has 6 nitrogen and oxygen atoms in total. The lowest BCUT2D eigenvalue weighted by atomic mass is 10.0. The highest BCUT2D eigenvalue weighted by atomic mass is 32.1. The Balaban J connectivity index is 1.57. The van der Waals surface area contributed by atoms with Crippen LogP contribution in [0.1, 0.15) is 27.7 Å². The number of anilines is 2. The second kappa shape index (κ2) is 7.05. The van der Waals surface area contributed by atoms with Gasteiger partial charge in [0.15, 0.2) is 5.82 Å². The van der Waals surface area contributed by atoms with E-state index in [4.69, 9.17) is 10.5 Å². The minimum atomic E-state index is -0.321. The van der Waals surface area contributed by atoms with Crippen molar-refractivity contribution in [2.45, 2.75) is 19.9 Å². The number of thiophene rings is 1. The zero-order valence-electron chi connectivity index (χ0n) is 14.3. The third-order valence-electron chi connectivity index (χ3n) is 4.28. The maximum absolute atomic E-state index is 12.2. The molecule has 0 spiro atoms. The normalized spacial score (nSPS) is 13.5. The topological polar surface area (TPSA) is 81.3 Å². The summed E-state index contributed by atoms with van der Waals surface area (Å²) in [7, 11) is 0. The van der Waals surface area contributed by atoms with Gasteiger partial charge in [-0.3, -0.25) is 0 Å². The van der Waals surface area contributed by atoms with Crippen molar-refractivity contribution in [3.8, 4) is 11.4 Å². The smallest absolute Gasteiger partial charge is 0.341 e. The molecule has 8 heteroatoms. The number of carbonyl (C=O) groups is 1. The van der Waals surface area contributed by atoms with Gasteiger partial charge in [-0.15, -0.1) is 11.3 Å². The molecule has 26 heavy (non-hydrogen) atoms. The maximum atomic E-state index is 12.2. The van der Waals surface area contributed by atoms with Gasteiger partial charge in [0.1, 0.15) is 5.00 Å². The first kappa shape index (κ1) is 17.0. The molecule has 0 amide bonds. The summed E-state index contributed by atoms with van der Waals surface area (Å²) in [6.45, 7) is 3.61. The number of aromatic nitrogens is 2. The van der Waals surface area contributed by atoms with Crippen LogP contribution < -0.4 is 10.6 Å². The molecule has 0 fully saturated rings. The molecule has 0 saturated heterocycles. The Kier molecular flexibility index (Phi) is 4.60. The highest BCUT2D eigenvalue weighted by Crippen LogP contribution is 2.37. The number of nitrogen functional groups attached to an aromatic ring is 1. The molecule has 134 valence electrons. The zero-order valence-corrected chi connectivity index (χ0v) is 15.9. The Morgan fingerprint density at radius 2 is 2.15 bits per heavy atom. The van der Waals surface area contributed by atoms with Crippen molar-refractivity contribution >= 4 is 39.0 Å². The second-order valence-electron chi connectivity index (χ2n) is 5.90. The van der Waals surface area contributed by atoms with Gasteiger partial charge in [0.25, 0.3) is 0 Å². The molecule has 0 unspecified atom stereocenters.